The largest absolute Gasteiger partial charge is 0.462 e. The summed E-state index contributed by atoms with van der Waals surface area (Å²) in [5.41, 5.74) is 3.32. The number of carbonyl (C=O) groups excluding carboxylic acids is 2. The number of fused-ring (bicyclic) bond motifs is 2. The SMILES string of the molecule is Cc1c2c(cc3c1CC(C)(CO)C3=O)C(=O)OCC2. The third kappa shape index (κ3) is 1.56. The average Bonchev–Trinajstić information content (AvgIpc) is 2.66. The Morgan fingerprint density at radius 2 is 2.05 bits per heavy atom. The monoisotopic (exact) mass is 260 g/mol. The number of rotatable bonds is 1. The Morgan fingerprint density at radius 1 is 1.32 bits per heavy atom. The van der Waals surface area contributed by atoms with Crippen LogP contribution in [0.15, 0.2) is 6.07 Å². The van der Waals surface area contributed by atoms with Gasteiger partial charge in [-0.3, -0.25) is 4.79 Å². The number of cyclic esters (lactones) is 1. The minimum absolute atomic E-state index is 0.0747. The lowest BCUT2D eigenvalue weighted by molar-refractivity contribution is 0.0479. The summed E-state index contributed by atoms with van der Waals surface area (Å²) in [6.07, 6.45) is 1.25. The van der Waals surface area contributed by atoms with Gasteiger partial charge in [-0.25, -0.2) is 4.79 Å². The minimum Gasteiger partial charge on any atom is -0.462 e. The number of esters is 1. The maximum Gasteiger partial charge on any atom is 0.338 e. The van der Waals surface area contributed by atoms with Crippen molar-refractivity contribution < 1.29 is 19.4 Å². The molecule has 1 aliphatic heterocycles. The maximum absolute atomic E-state index is 12.4. The van der Waals surface area contributed by atoms with Crippen LogP contribution >= 0.6 is 0 Å². The van der Waals surface area contributed by atoms with E-state index in [0.717, 1.165) is 16.7 Å². The van der Waals surface area contributed by atoms with Gasteiger partial charge in [0.2, 0.25) is 0 Å². The molecule has 4 nitrogen and oxygen atoms in total. The standard InChI is InChI=1S/C15H16O4/c1-8-9-3-4-19-14(18)11(9)5-10-12(8)6-15(2,7-16)13(10)17/h5,16H,3-4,6-7H2,1-2H3. The molecular formula is C15H16O4. The van der Waals surface area contributed by atoms with Crippen molar-refractivity contribution in [3.8, 4) is 0 Å². The Labute approximate surface area is 111 Å². The molecule has 1 heterocycles. The number of aliphatic hydroxyl groups is 1. The van der Waals surface area contributed by atoms with Crippen molar-refractivity contribution in [1.29, 1.82) is 0 Å². The molecule has 0 bridgehead atoms. The first kappa shape index (κ1) is 12.4. The summed E-state index contributed by atoms with van der Waals surface area (Å²) < 4.78 is 5.03. The van der Waals surface area contributed by atoms with E-state index in [1.165, 1.54) is 0 Å². The zero-order chi connectivity index (χ0) is 13.8. The van der Waals surface area contributed by atoms with Crippen LogP contribution in [-0.2, 0) is 17.6 Å². The molecule has 1 atom stereocenters. The fourth-order valence-electron chi connectivity index (χ4n) is 3.09. The van der Waals surface area contributed by atoms with Crippen LogP contribution in [0.25, 0.3) is 0 Å². The topological polar surface area (TPSA) is 63.6 Å². The number of hydrogen-bond donors (Lipinski definition) is 1. The van der Waals surface area contributed by atoms with Crippen molar-refractivity contribution in [2.75, 3.05) is 13.2 Å². The van der Waals surface area contributed by atoms with Crippen LogP contribution in [-0.4, -0.2) is 30.1 Å². The number of carbonyl (C=O) groups is 2. The normalized spacial score (nSPS) is 25.0. The van der Waals surface area contributed by atoms with Gasteiger partial charge in [-0.2, -0.15) is 0 Å². The molecule has 0 amide bonds. The highest BCUT2D eigenvalue weighted by atomic mass is 16.5. The second-order valence-electron chi connectivity index (χ2n) is 5.66. The van der Waals surface area contributed by atoms with Gasteiger partial charge in [0.1, 0.15) is 0 Å². The molecule has 19 heavy (non-hydrogen) atoms. The van der Waals surface area contributed by atoms with E-state index >= 15 is 0 Å². The Bertz CT molecular complexity index is 603. The molecule has 4 heteroatoms. The molecular weight excluding hydrogens is 244 g/mol. The highest BCUT2D eigenvalue weighted by Gasteiger charge is 2.43. The van der Waals surface area contributed by atoms with Crippen molar-refractivity contribution >= 4 is 11.8 Å². The summed E-state index contributed by atoms with van der Waals surface area (Å²) in [6.45, 7) is 3.95. The van der Waals surface area contributed by atoms with E-state index in [-0.39, 0.29) is 18.4 Å². The average molecular weight is 260 g/mol. The van der Waals surface area contributed by atoms with Crippen LogP contribution < -0.4 is 0 Å². The molecule has 0 radical (unpaired) electrons. The van der Waals surface area contributed by atoms with Crippen molar-refractivity contribution in [3.63, 3.8) is 0 Å². The number of aliphatic hydroxyl groups excluding tert-OH is 1. The molecule has 2 aliphatic rings. The van der Waals surface area contributed by atoms with Crippen molar-refractivity contribution in [2.45, 2.75) is 26.7 Å². The second-order valence-corrected chi connectivity index (χ2v) is 5.66. The zero-order valence-corrected chi connectivity index (χ0v) is 11.1. The summed E-state index contributed by atoms with van der Waals surface area (Å²) >= 11 is 0. The van der Waals surface area contributed by atoms with Gasteiger partial charge in [0.25, 0.3) is 0 Å². The van der Waals surface area contributed by atoms with Gasteiger partial charge in [0.15, 0.2) is 5.78 Å². The number of benzene rings is 1. The van der Waals surface area contributed by atoms with Crippen molar-refractivity contribution in [1.82, 2.24) is 0 Å². The van der Waals surface area contributed by atoms with Crippen LogP contribution in [0.1, 0.15) is 44.3 Å². The second kappa shape index (κ2) is 3.90. The van der Waals surface area contributed by atoms with E-state index in [2.05, 4.69) is 0 Å². The Balaban J connectivity index is 2.22. The summed E-state index contributed by atoms with van der Waals surface area (Å²) in [4.78, 5) is 24.2. The first-order chi connectivity index (χ1) is 8.98. The summed E-state index contributed by atoms with van der Waals surface area (Å²) in [6, 6.07) is 1.66. The smallest absolute Gasteiger partial charge is 0.338 e. The van der Waals surface area contributed by atoms with Crippen LogP contribution in [0.3, 0.4) is 0 Å². The fourth-order valence-corrected chi connectivity index (χ4v) is 3.09. The third-order valence-corrected chi connectivity index (χ3v) is 4.36. The van der Waals surface area contributed by atoms with E-state index in [9.17, 15) is 14.7 Å². The highest BCUT2D eigenvalue weighted by Crippen LogP contribution is 2.40. The van der Waals surface area contributed by atoms with Gasteiger partial charge >= 0.3 is 5.97 Å². The molecule has 3 rings (SSSR count). The molecule has 1 aromatic carbocycles. The third-order valence-electron chi connectivity index (χ3n) is 4.36. The summed E-state index contributed by atoms with van der Waals surface area (Å²) in [7, 11) is 0. The number of ketones is 1. The zero-order valence-electron chi connectivity index (χ0n) is 11.1. The molecule has 1 N–H and O–H groups in total. The van der Waals surface area contributed by atoms with Crippen LogP contribution in [0.5, 0.6) is 0 Å². The summed E-state index contributed by atoms with van der Waals surface area (Å²) in [5, 5.41) is 9.46. The summed E-state index contributed by atoms with van der Waals surface area (Å²) in [5.74, 6) is -0.424. The van der Waals surface area contributed by atoms with Crippen LogP contribution in [0.4, 0.5) is 0 Å². The molecule has 1 unspecified atom stereocenters. The van der Waals surface area contributed by atoms with Crippen molar-refractivity contribution in [2.24, 2.45) is 5.41 Å². The first-order valence-electron chi connectivity index (χ1n) is 6.46. The first-order valence-corrected chi connectivity index (χ1v) is 6.46. The predicted octanol–water partition coefficient (Wildman–Crippen LogP) is 1.45. The van der Waals surface area contributed by atoms with Gasteiger partial charge in [-0.15, -0.1) is 0 Å². The molecule has 0 spiro atoms. The van der Waals surface area contributed by atoms with Gasteiger partial charge in [0.05, 0.1) is 24.2 Å². The Kier molecular flexibility index (Phi) is 2.54. The van der Waals surface area contributed by atoms with Gasteiger partial charge < -0.3 is 9.84 Å². The van der Waals surface area contributed by atoms with Gasteiger partial charge in [-0.05, 0) is 43.0 Å². The number of hydrogen-bond acceptors (Lipinski definition) is 4. The molecule has 0 saturated heterocycles. The molecule has 100 valence electrons. The van der Waals surface area contributed by atoms with E-state index < -0.39 is 5.41 Å². The maximum atomic E-state index is 12.4. The van der Waals surface area contributed by atoms with Crippen LogP contribution in [0.2, 0.25) is 0 Å². The predicted molar refractivity (Wildman–Crippen MR) is 68.4 cm³/mol. The Morgan fingerprint density at radius 3 is 2.74 bits per heavy atom. The molecule has 0 aromatic heterocycles. The van der Waals surface area contributed by atoms with E-state index in [1.807, 2.05) is 6.92 Å². The lowest BCUT2D eigenvalue weighted by Crippen LogP contribution is -2.28. The molecule has 1 aromatic rings. The molecule has 0 saturated carbocycles. The lowest BCUT2D eigenvalue weighted by Gasteiger charge is -2.20. The minimum atomic E-state index is -0.749. The van der Waals surface area contributed by atoms with Gasteiger partial charge in [0, 0.05) is 12.0 Å². The molecule has 0 fully saturated rings. The van der Waals surface area contributed by atoms with Crippen LogP contribution in [0, 0.1) is 12.3 Å². The van der Waals surface area contributed by atoms with E-state index in [4.69, 9.17) is 4.74 Å². The Hall–Kier alpha value is -1.68. The number of Topliss-reactive ketones (excluding diaryl/α,β-unsaturated/α-hetero) is 1. The lowest BCUT2D eigenvalue weighted by atomic mass is 9.87. The highest BCUT2D eigenvalue weighted by molar-refractivity contribution is 6.07. The number of ether oxygens (including phenoxy) is 1. The van der Waals surface area contributed by atoms with E-state index in [0.29, 0.717) is 30.6 Å². The quantitative estimate of drug-likeness (QED) is 0.776. The van der Waals surface area contributed by atoms with E-state index in [1.54, 1.807) is 13.0 Å². The van der Waals surface area contributed by atoms with Crippen molar-refractivity contribution in [3.05, 3.63) is 33.9 Å². The van der Waals surface area contributed by atoms with Gasteiger partial charge in [-0.1, -0.05) is 0 Å². The molecule has 1 aliphatic carbocycles. The fraction of sp³-hybridized carbons (Fsp3) is 0.467.